The second-order valence-electron chi connectivity index (χ2n) is 4.74. The zero-order chi connectivity index (χ0) is 13.2. The number of fused-ring (bicyclic) bond motifs is 1. The van der Waals surface area contributed by atoms with E-state index >= 15 is 0 Å². The number of rotatable bonds is 2. The van der Waals surface area contributed by atoms with Gasteiger partial charge in [-0.3, -0.25) is 4.79 Å². The number of ether oxygens (including phenoxy) is 1. The van der Waals surface area contributed by atoms with Crippen molar-refractivity contribution in [3.8, 4) is 11.5 Å². The van der Waals surface area contributed by atoms with Crippen molar-refractivity contribution in [1.29, 1.82) is 0 Å². The fraction of sp³-hybridized carbons (Fsp3) is 0.188. The van der Waals surface area contributed by atoms with Crippen LogP contribution in [0.1, 0.15) is 15.9 Å². The highest BCUT2D eigenvalue weighted by Gasteiger charge is 2.29. The first-order chi connectivity index (χ1) is 9.24. The van der Waals surface area contributed by atoms with Gasteiger partial charge in [-0.2, -0.15) is 0 Å². The molecule has 2 aromatic rings. The number of phenols is 1. The van der Waals surface area contributed by atoms with Crippen LogP contribution in [0.15, 0.2) is 48.5 Å². The summed E-state index contributed by atoms with van der Waals surface area (Å²) in [5.74, 6) is 0.515. The average molecular weight is 254 g/mol. The van der Waals surface area contributed by atoms with Crippen LogP contribution in [0, 0.1) is 5.92 Å². The maximum absolute atomic E-state index is 12.4. The Morgan fingerprint density at radius 1 is 1.16 bits per heavy atom. The lowest BCUT2D eigenvalue weighted by molar-refractivity contribution is 0.0830. The zero-order valence-corrected chi connectivity index (χ0v) is 10.4. The number of carbonyl (C=O) groups is 1. The van der Waals surface area contributed by atoms with Gasteiger partial charge in [-0.1, -0.05) is 30.3 Å². The standard InChI is InChI=1S/C16H14O3/c17-13-6-7-15-14(9-13)16(18)12(10-19-15)8-11-4-2-1-3-5-11/h1-7,9,12,17H,8,10H2. The van der Waals surface area contributed by atoms with Gasteiger partial charge in [0, 0.05) is 0 Å². The average Bonchev–Trinajstić information content (AvgIpc) is 2.44. The van der Waals surface area contributed by atoms with Crippen LogP contribution in [-0.2, 0) is 6.42 Å². The molecule has 0 bridgehead atoms. The Balaban J connectivity index is 1.85. The van der Waals surface area contributed by atoms with Gasteiger partial charge in [0.2, 0.25) is 0 Å². The van der Waals surface area contributed by atoms with Crippen LogP contribution in [0.2, 0.25) is 0 Å². The van der Waals surface area contributed by atoms with Crippen molar-refractivity contribution in [1.82, 2.24) is 0 Å². The van der Waals surface area contributed by atoms with E-state index in [1.807, 2.05) is 30.3 Å². The molecule has 19 heavy (non-hydrogen) atoms. The highest BCUT2D eigenvalue weighted by molar-refractivity contribution is 6.01. The smallest absolute Gasteiger partial charge is 0.173 e. The molecule has 1 atom stereocenters. The number of Topliss-reactive ketones (excluding diaryl/α,β-unsaturated/α-hetero) is 1. The molecule has 1 aliphatic heterocycles. The van der Waals surface area contributed by atoms with E-state index in [1.54, 1.807) is 6.07 Å². The Bertz CT molecular complexity index is 605. The molecule has 0 spiro atoms. The van der Waals surface area contributed by atoms with E-state index in [4.69, 9.17) is 4.74 Å². The number of ketones is 1. The van der Waals surface area contributed by atoms with Gasteiger partial charge in [-0.15, -0.1) is 0 Å². The third-order valence-electron chi connectivity index (χ3n) is 3.36. The molecule has 3 rings (SSSR count). The second kappa shape index (κ2) is 4.76. The summed E-state index contributed by atoms with van der Waals surface area (Å²) in [5.41, 5.74) is 1.60. The summed E-state index contributed by atoms with van der Waals surface area (Å²) < 4.78 is 5.60. The van der Waals surface area contributed by atoms with E-state index in [-0.39, 0.29) is 17.5 Å². The highest BCUT2D eigenvalue weighted by Crippen LogP contribution is 2.31. The largest absolute Gasteiger partial charge is 0.508 e. The molecule has 96 valence electrons. The van der Waals surface area contributed by atoms with Gasteiger partial charge >= 0.3 is 0 Å². The van der Waals surface area contributed by atoms with Crippen LogP contribution in [-0.4, -0.2) is 17.5 Å². The predicted octanol–water partition coefficient (Wildman–Crippen LogP) is 2.83. The van der Waals surface area contributed by atoms with E-state index in [2.05, 4.69) is 0 Å². The molecule has 2 aromatic carbocycles. The Labute approximate surface area is 111 Å². The third kappa shape index (κ3) is 2.32. The summed E-state index contributed by atoms with van der Waals surface area (Å²) in [6.45, 7) is 0.394. The lowest BCUT2D eigenvalue weighted by Crippen LogP contribution is -2.29. The fourth-order valence-corrected chi connectivity index (χ4v) is 2.37. The monoisotopic (exact) mass is 254 g/mol. The Kier molecular flexibility index (Phi) is 2.95. The maximum Gasteiger partial charge on any atom is 0.173 e. The van der Waals surface area contributed by atoms with E-state index in [0.717, 1.165) is 5.56 Å². The minimum atomic E-state index is -0.184. The molecule has 1 aliphatic rings. The van der Waals surface area contributed by atoms with Crippen molar-refractivity contribution in [2.24, 2.45) is 5.92 Å². The first-order valence-corrected chi connectivity index (χ1v) is 6.28. The summed E-state index contributed by atoms with van der Waals surface area (Å²) in [6.07, 6.45) is 0.661. The molecular formula is C16H14O3. The highest BCUT2D eigenvalue weighted by atomic mass is 16.5. The normalized spacial score (nSPS) is 17.7. The Morgan fingerprint density at radius 3 is 2.74 bits per heavy atom. The molecule has 0 radical (unpaired) electrons. The number of aromatic hydroxyl groups is 1. The van der Waals surface area contributed by atoms with Crippen molar-refractivity contribution < 1.29 is 14.6 Å². The van der Waals surface area contributed by atoms with E-state index in [1.165, 1.54) is 12.1 Å². The summed E-state index contributed by atoms with van der Waals surface area (Å²) in [7, 11) is 0. The van der Waals surface area contributed by atoms with Crippen molar-refractivity contribution in [3.63, 3.8) is 0 Å². The number of carbonyl (C=O) groups excluding carboxylic acids is 1. The summed E-state index contributed by atoms with van der Waals surface area (Å²) in [5, 5.41) is 9.47. The molecule has 0 saturated heterocycles. The number of benzene rings is 2. The van der Waals surface area contributed by atoms with Crippen molar-refractivity contribution in [3.05, 3.63) is 59.7 Å². The van der Waals surface area contributed by atoms with Crippen molar-refractivity contribution in [2.45, 2.75) is 6.42 Å². The van der Waals surface area contributed by atoms with E-state index in [9.17, 15) is 9.90 Å². The van der Waals surface area contributed by atoms with Crippen molar-refractivity contribution >= 4 is 5.78 Å². The van der Waals surface area contributed by atoms with Gasteiger partial charge in [0.15, 0.2) is 5.78 Å². The lowest BCUT2D eigenvalue weighted by atomic mass is 9.89. The molecule has 3 heteroatoms. The minimum Gasteiger partial charge on any atom is -0.508 e. The third-order valence-corrected chi connectivity index (χ3v) is 3.36. The van der Waals surface area contributed by atoms with E-state index in [0.29, 0.717) is 24.3 Å². The van der Waals surface area contributed by atoms with E-state index < -0.39 is 0 Å². The zero-order valence-electron chi connectivity index (χ0n) is 10.4. The molecule has 0 aromatic heterocycles. The van der Waals surface area contributed by atoms with Gasteiger partial charge in [0.1, 0.15) is 11.5 Å². The number of phenolic OH excluding ortho intramolecular Hbond substituents is 1. The first kappa shape index (κ1) is 11.8. The van der Waals surface area contributed by atoms with Gasteiger partial charge in [0.25, 0.3) is 0 Å². The predicted molar refractivity (Wildman–Crippen MR) is 71.6 cm³/mol. The molecule has 0 fully saturated rings. The first-order valence-electron chi connectivity index (χ1n) is 6.28. The Hall–Kier alpha value is -2.29. The summed E-state index contributed by atoms with van der Waals surface area (Å²) in [6, 6.07) is 14.5. The minimum absolute atomic E-state index is 0.0426. The van der Waals surface area contributed by atoms with Gasteiger partial charge in [-0.05, 0) is 30.2 Å². The van der Waals surface area contributed by atoms with Gasteiger partial charge in [-0.25, -0.2) is 0 Å². The maximum atomic E-state index is 12.4. The molecule has 1 unspecified atom stereocenters. The molecule has 1 N–H and O–H groups in total. The van der Waals surface area contributed by atoms with Gasteiger partial charge < -0.3 is 9.84 Å². The second-order valence-corrected chi connectivity index (χ2v) is 4.74. The fourth-order valence-electron chi connectivity index (χ4n) is 2.37. The molecular weight excluding hydrogens is 240 g/mol. The summed E-state index contributed by atoms with van der Waals surface area (Å²) >= 11 is 0. The van der Waals surface area contributed by atoms with Crippen LogP contribution in [0.4, 0.5) is 0 Å². The quantitative estimate of drug-likeness (QED) is 0.896. The van der Waals surface area contributed by atoms with Crippen molar-refractivity contribution in [2.75, 3.05) is 6.61 Å². The molecule has 1 heterocycles. The van der Waals surface area contributed by atoms with Crippen LogP contribution in [0.3, 0.4) is 0 Å². The SMILES string of the molecule is O=C1c2cc(O)ccc2OCC1Cc1ccccc1. The lowest BCUT2D eigenvalue weighted by Gasteiger charge is -2.24. The van der Waals surface area contributed by atoms with Crippen LogP contribution in [0.5, 0.6) is 11.5 Å². The summed E-state index contributed by atoms with van der Waals surface area (Å²) in [4.78, 5) is 12.4. The molecule has 3 nitrogen and oxygen atoms in total. The Morgan fingerprint density at radius 2 is 1.95 bits per heavy atom. The topological polar surface area (TPSA) is 46.5 Å². The number of hydrogen-bond acceptors (Lipinski definition) is 3. The molecule has 0 saturated carbocycles. The van der Waals surface area contributed by atoms with Crippen LogP contribution < -0.4 is 4.74 Å². The van der Waals surface area contributed by atoms with Crippen LogP contribution >= 0.6 is 0 Å². The molecule has 0 amide bonds. The van der Waals surface area contributed by atoms with Crippen LogP contribution in [0.25, 0.3) is 0 Å². The van der Waals surface area contributed by atoms with Gasteiger partial charge in [0.05, 0.1) is 18.1 Å². The molecule has 0 aliphatic carbocycles. The number of hydrogen-bond donors (Lipinski definition) is 1.